The van der Waals surface area contributed by atoms with Crippen LogP contribution < -0.4 is 15.6 Å². The first-order chi connectivity index (χ1) is 17.7. The van der Waals surface area contributed by atoms with Gasteiger partial charge >= 0.3 is 0 Å². The molecule has 13 heteroatoms. The van der Waals surface area contributed by atoms with Gasteiger partial charge in [-0.2, -0.15) is 5.10 Å². The Kier molecular flexibility index (Phi) is 6.40. The fourth-order valence-corrected chi connectivity index (χ4v) is 4.22. The predicted octanol–water partition coefficient (Wildman–Crippen LogP) is 4.40. The van der Waals surface area contributed by atoms with Crippen LogP contribution in [0.2, 0.25) is 10.2 Å². The third-order valence-corrected chi connectivity index (χ3v) is 5.98. The van der Waals surface area contributed by atoms with Gasteiger partial charge in [-0.15, -0.1) is 5.10 Å². The average Bonchev–Trinajstić information content (AvgIpc) is 3.47. The van der Waals surface area contributed by atoms with Gasteiger partial charge in [0.05, 0.1) is 30.7 Å². The molecule has 0 radical (unpaired) electrons. The maximum atomic E-state index is 15.3. The number of aryl methyl sites for hydroxylation is 1. The molecule has 37 heavy (non-hydrogen) atoms. The number of nitrogens with zero attached hydrogens (tertiary/aromatic N) is 6. The van der Waals surface area contributed by atoms with Crippen molar-refractivity contribution in [3.63, 3.8) is 0 Å². The molecular formula is C24H18Cl2FN7O3. The summed E-state index contributed by atoms with van der Waals surface area (Å²) in [5.41, 5.74) is 1.58. The molecule has 1 amide bonds. The molecule has 0 aliphatic heterocycles. The van der Waals surface area contributed by atoms with Crippen LogP contribution in [0.15, 0.2) is 65.8 Å². The molecule has 1 unspecified atom stereocenters. The first-order valence-corrected chi connectivity index (χ1v) is 11.6. The number of fused-ring (bicyclic) bond motifs is 1. The summed E-state index contributed by atoms with van der Waals surface area (Å²) in [4.78, 5) is 25.7. The molecule has 1 N–H and O–H groups in total. The van der Waals surface area contributed by atoms with E-state index in [4.69, 9.17) is 27.9 Å². The second-order valence-electron chi connectivity index (χ2n) is 8.05. The predicted molar refractivity (Wildman–Crippen MR) is 137 cm³/mol. The van der Waals surface area contributed by atoms with Crippen LogP contribution >= 0.6 is 23.2 Å². The van der Waals surface area contributed by atoms with E-state index in [0.717, 1.165) is 23.2 Å². The van der Waals surface area contributed by atoms with E-state index >= 15 is 4.39 Å². The molecule has 3 aromatic heterocycles. The molecule has 3 heterocycles. The summed E-state index contributed by atoms with van der Waals surface area (Å²) in [6.07, 6.45) is 2.05. The quantitative estimate of drug-likeness (QED) is 0.341. The summed E-state index contributed by atoms with van der Waals surface area (Å²) in [5.74, 6) is -0.901. The molecule has 0 spiro atoms. The Morgan fingerprint density at radius 3 is 2.62 bits per heavy atom. The first kappa shape index (κ1) is 24.5. The standard InChI is InChI=1S/C24H18Cl2FN7O3/c1-32-10-13-7-15(4-5-18(13)30-32)28-24(36)23(27)33-11-20(37-2)17(9-22(33)35)16-8-14(25)3-6-19(16)34-12-21(26)29-31-34/h3-12,23H,1-2H3,(H,28,36). The summed E-state index contributed by atoms with van der Waals surface area (Å²) in [6, 6.07) is 11.0. The molecule has 0 aliphatic carbocycles. The van der Waals surface area contributed by atoms with Crippen molar-refractivity contribution < 1.29 is 13.9 Å². The summed E-state index contributed by atoms with van der Waals surface area (Å²) in [6.45, 7) is 0. The molecule has 5 rings (SSSR count). The lowest BCUT2D eigenvalue weighted by molar-refractivity contribution is -0.123. The summed E-state index contributed by atoms with van der Waals surface area (Å²) >= 11 is 12.1. The molecule has 0 saturated carbocycles. The average molecular weight is 542 g/mol. The van der Waals surface area contributed by atoms with Crippen molar-refractivity contribution in [2.45, 2.75) is 6.30 Å². The van der Waals surface area contributed by atoms with E-state index in [1.54, 1.807) is 54.3 Å². The van der Waals surface area contributed by atoms with Crippen molar-refractivity contribution in [3.8, 4) is 22.6 Å². The minimum Gasteiger partial charge on any atom is -0.495 e. The van der Waals surface area contributed by atoms with Gasteiger partial charge in [0.25, 0.3) is 17.8 Å². The zero-order valence-electron chi connectivity index (χ0n) is 19.4. The van der Waals surface area contributed by atoms with Crippen LogP contribution in [0.1, 0.15) is 6.30 Å². The number of carbonyl (C=O) groups is 1. The van der Waals surface area contributed by atoms with Crippen molar-refractivity contribution in [1.29, 1.82) is 0 Å². The minimum atomic E-state index is -2.33. The number of hydrogen-bond acceptors (Lipinski definition) is 6. The number of aromatic nitrogens is 6. The number of alkyl halides is 1. The lowest BCUT2D eigenvalue weighted by Gasteiger charge is -2.17. The van der Waals surface area contributed by atoms with Crippen LogP contribution in [0.4, 0.5) is 10.1 Å². The number of halogens is 3. The van der Waals surface area contributed by atoms with Gasteiger partial charge in [0, 0.05) is 46.5 Å². The molecule has 0 fully saturated rings. The monoisotopic (exact) mass is 541 g/mol. The number of methoxy groups -OCH3 is 1. The van der Waals surface area contributed by atoms with Crippen molar-refractivity contribution in [1.82, 2.24) is 29.3 Å². The van der Waals surface area contributed by atoms with E-state index < -0.39 is 17.8 Å². The van der Waals surface area contributed by atoms with Crippen LogP contribution in [0.3, 0.4) is 0 Å². The van der Waals surface area contributed by atoms with Gasteiger partial charge in [-0.1, -0.05) is 28.4 Å². The second kappa shape index (κ2) is 9.68. The number of carbonyl (C=O) groups excluding carboxylic acids is 1. The van der Waals surface area contributed by atoms with Gasteiger partial charge in [-0.25, -0.2) is 9.07 Å². The van der Waals surface area contributed by atoms with Crippen molar-refractivity contribution in [2.24, 2.45) is 7.05 Å². The first-order valence-electron chi connectivity index (χ1n) is 10.8. The molecule has 1 atom stereocenters. The molecular weight excluding hydrogens is 524 g/mol. The van der Waals surface area contributed by atoms with E-state index in [1.165, 1.54) is 18.0 Å². The summed E-state index contributed by atoms with van der Waals surface area (Å²) in [7, 11) is 3.13. The lowest BCUT2D eigenvalue weighted by atomic mass is 10.0. The molecule has 0 bridgehead atoms. The molecule has 0 saturated heterocycles. The molecule has 5 aromatic rings. The van der Waals surface area contributed by atoms with Crippen LogP contribution in [0, 0.1) is 0 Å². The van der Waals surface area contributed by atoms with Crippen LogP contribution in [-0.2, 0) is 11.8 Å². The number of pyridine rings is 1. The van der Waals surface area contributed by atoms with Gasteiger partial charge in [0.2, 0.25) is 0 Å². The van der Waals surface area contributed by atoms with Crippen LogP contribution in [-0.4, -0.2) is 42.4 Å². The highest BCUT2D eigenvalue weighted by molar-refractivity contribution is 6.31. The van der Waals surface area contributed by atoms with Crippen LogP contribution in [0.25, 0.3) is 27.7 Å². The van der Waals surface area contributed by atoms with E-state index in [1.807, 2.05) is 0 Å². The smallest absolute Gasteiger partial charge is 0.280 e. The SMILES string of the molecule is COc1cn(C(F)C(=O)Nc2ccc3nn(C)cc3c2)c(=O)cc1-c1cc(Cl)ccc1-n1cc(Cl)nn1. The number of ether oxygens (including phenoxy) is 1. The lowest BCUT2D eigenvalue weighted by Crippen LogP contribution is -2.30. The zero-order chi connectivity index (χ0) is 26.3. The number of rotatable bonds is 6. The highest BCUT2D eigenvalue weighted by atomic mass is 35.5. The Morgan fingerprint density at radius 2 is 1.89 bits per heavy atom. The van der Waals surface area contributed by atoms with Gasteiger partial charge < -0.3 is 10.1 Å². The topological polar surface area (TPSA) is 109 Å². The van der Waals surface area contributed by atoms with E-state index in [-0.39, 0.29) is 10.9 Å². The van der Waals surface area contributed by atoms with Gasteiger partial charge in [-0.05, 0) is 36.4 Å². The fraction of sp³-hybridized carbons (Fsp3) is 0.125. The molecule has 2 aromatic carbocycles. The van der Waals surface area contributed by atoms with Crippen molar-refractivity contribution >= 4 is 45.7 Å². The Balaban J connectivity index is 1.49. The largest absolute Gasteiger partial charge is 0.495 e. The number of anilines is 1. The number of amides is 1. The Hall–Kier alpha value is -4.22. The summed E-state index contributed by atoms with van der Waals surface area (Å²) < 4.78 is 24.4. The number of nitrogens with one attached hydrogen (secondary N) is 1. The molecule has 188 valence electrons. The third kappa shape index (κ3) is 4.78. The zero-order valence-corrected chi connectivity index (χ0v) is 20.9. The summed E-state index contributed by atoms with van der Waals surface area (Å²) in [5, 5.41) is 15.8. The Bertz CT molecular complexity index is 1710. The molecule has 0 aliphatic rings. The minimum absolute atomic E-state index is 0.126. The fourth-order valence-electron chi connectivity index (χ4n) is 3.92. The van der Waals surface area contributed by atoms with Gasteiger partial charge in [0.15, 0.2) is 5.15 Å². The third-order valence-electron chi connectivity index (χ3n) is 5.57. The van der Waals surface area contributed by atoms with Gasteiger partial charge in [0.1, 0.15) is 5.75 Å². The van der Waals surface area contributed by atoms with E-state index in [2.05, 4.69) is 20.7 Å². The second-order valence-corrected chi connectivity index (χ2v) is 8.87. The van der Waals surface area contributed by atoms with E-state index in [9.17, 15) is 9.59 Å². The van der Waals surface area contributed by atoms with Crippen molar-refractivity contribution in [2.75, 3.05) is 12.4 Å². The Labute approximate surface area is 218 Å². The van der Waals surface area contributed by atoms with E-state index in [0.29, 0.717) is 32.1 Å². The number of hydrogen-bond donors (Lipinski definition) is 1. The normalized spacial score (nSPS) is 12.0. The maximum absolute atomic E-state index is 15.3. The molecule has 10 nitrogen and oxygen atoms in total. The highest BCUT2D eigenvalue weighted by Crippen LogP contribution is 2.35. The van der Waals surface area contributed by atoms with Crippen molar-refractivity contribution in [3.05, 3.63) is 81.6 Å². The number of benzene rings is 2. The highest BCUT2D eigenvalue weighted by Gasteiger charge is 2.24. The van der Waals surface area contributed by atoms with Gasteiger partial charge in [-0.3, -0.25) is 18.8 Å². The maximum Gasteiger partial charge on any atom is 0.280 e. The van der Waals surface area contributed by atoms with Crippen LogP contribution in [0.5, 0.6) is 5.75 Å². The Morgan fingerprint density at radius 1 is 1.08 bits per heavy atom.